The summed E-state index contributed by atoms with van der Waals surface area (Å²) >= 11 is 0. The summed E-state index contributed by atoms with van der Waals surface area (Å²) in [5, 5.41) is 5.56. The largest absolute Gasteiger partial charge is 0.467 e. The summed E-state index contributed by atoms with van der Waals surface area (Å²) in [5.74, 6) is 0.296. The van der Waals surface area contributed by atoms with Gasteiger partial charge in [0.05, 0.1) is 18.2 Å². The highest BCUT2D eigenvalue weighted by Crippen LogP contribution is 2.39. The van der Waals surface area contributed by atoms with E-state index in [1.54, 1.807) is 23.3 Å². The highest BCUT2D eigenvalue weighted by Gasteiger charge is 2.53. The van der Waals surface area contributed by atoms with Gasteiger partial charge < -0.3 is 20.0 Å². The molecule has 7 heteroatoms. The van der Waals surface area contributed by atoms with Crippen LogP contribution in [0.15, 0.2) is 22.8 Å². The standard InChI is InChI=1S/C17H23N3O4/c1-11(2)15(22)20-6-5-17(10-20)8-13(19-16(17)23)14(21)18-9-12-4-3-7-24-12/h3-4,7,11,13H,5-6,8-10H2,1-2H3,(H,18,21)(H,19,23)/t13-,17+/m0/s1. The van der Waals surface area contributed by atoms with Gasteiger partial charge in [0.1, 0.15) is 11.8 Å². The molecule has 1 spiro atoms. The van der Waals surface area contributed by atoms with Crippen molar-refractivity contribution in [3.63, 3.8) is 0 Å². The highest BCUT2D eigenvalue weighted by molar-refractivity contribution is 5.95. The van der Waals surface area contributed by atoms with Gasteiger partial charge in [-0.05, 0) is 25.0 Å². The van der Waals surface area contributed by atoms with E-state index in [-0.39, 0.29) is 23.6 Å². The first-order chi connectivity index (χ1) is 11.4. The van der Waals surface area contributed by atoms with Gasteiger partial charge in [0.15, 0.2) is 0 Å². The van der Waals surface area contributed by atoms with Crippen molar-refractivity contribution in [2.75, 3.05) is 13.1 Å². The van der Waals surface area contributed by atoms with Gasteiger partial charge in [0.2, 0.25) is 17.7 Å². The lowest BCUT2D eigenvalue weighted by Gasteiger charge is -2.22. The van der Waals surface area contributed by atoms with Gasteiger partial charge in [-0.25, -0.2) is 0 Å². The first kappa shape index (κ1) is 16.5. The summed E-state index contributed by atoms with van der Waals surface area (Å²) in [6, 6.07) is 2.98. The number of furan rings is 1. The van der Waals surface area contributed by atoms with Crippen LogP contribution in [0.3, 0.4) is 0 Å². The van der Waals surface area contributed by atoms with E-state index in [2.05, 4.69) is 10.6 Å². The van der Waals surface area contributed by atoms with Crippen LogP contribution in [-0.2, 0) is 20.9 Å². The van der Waals surface area contributed by atoms with Crippen LogP contribution in [0.5, 0.6) is 0 Å². The van der Waals surface area contributed by atoms with Gasteiger partial charge in [0.25, 0.3) is 0 Å². The number of carbonyl (C=O) groups is 3. The molecule has 0 unspecified atom stereocenters. The Morgan fingerprint density at radius 1 is 1.50 bits per heavy atom. The molecular weight excluding hydrogens is 310 g/mol. The number of carbonyl (C=O) groups excluding carboxylic acids is 3. The van der Waals surface area contributed by atoms with Gasteiger partial charge in [0, 0.05) is 19.0 Å². The van der Waals surface area contributed by atoms with Crippen LogP contribution in [0.2, 0.25) is 0 Å². The number of likely N-dealkylation sites (tertiary alicyclic amines) is 1. The molecule has 1 aromatic rings. The van der Waals surface area contributed by atoms with Crippen LogP contribution in [0.1, 0.15) is 32.4 Å². The Labute approximate surface area is 140 Å². The van der Waals surface area contributed by atoms with Crippen molar-refractivity contribution in [1.82, 2.24) is 15.5 Å². The quantitative estimate of drug-likeness (QED) is 0.847. The van der Waals surface area contributed by atoms with Crippen molar-refractivity contribution < 1.29 is 18.8 Å². The summed E-state index contributed by atoms with van der Waals surface area (Å²) in [5.41, 5.74) is -0.628. The summed E-state index contributed by atoms with van der Waals surface area (Å²) in [6.45, 7) is 4.98. The van der Waals surface area contributed by atoms with E-state index < -0.39 is 11.5 Å². The smallest absolute Gasteiger partial charge is 0.242 e. The lowest BCUT2D eigenvalue weighted by molar-refractivity contribution is -0.134. The fraction of sp³-hybridized carbons (Fsp3) is 0.588. The van der Waals surface area contributed by atoms with E-state index in [1.165, 1.54) is 0 Å². The Bertz CT molecular complexity index is 640. The second-order valence-electron chi connectivity index (χ2n) is 6.97. The van der Waals surface area contributed by atoms with Crippen molar-refractivity contribution in [2.45, 2.75) is 39.3 Å². The maximum absolute atomic E-state index is 12.4. The fourth-order valence-electron chi connectivity index (χ4n) is 3.49. The Morgan fingerprint density at radius 2 is 2.29 bits per heavy atom. The molecule has 0 saturated carbocycles. The SMILES string of the molecule is CC(C)C(=O)N1CC[C@@]2(C[C@@H](C(=O)NCc3ccco3)NC2=O)C1. The van der Waals surface area contributed by atoms with E-state index in [4.69, 9.17) is 4.42 Å². The predicted molar refractivity (Wildman–Crippen MR) is 85.6 cm³/mol. The van der Waals surface area contributed by atoms with Crippen molar-refractivity contribution in [1.29, 1.82) is 0 Å². The molecule has 0 bridgehead atoms. The summed E-state index contributed by atoms with van der Waals surface area (Å²) in [7, 11) is 0. The summed E-state index contributed by atoms with van der Waals surface area (Å²) in [4.78, 5) is 38.6. The molecular formula is C17H23N3O4. The first-order valence-electron chi connectivity index (χ1n) is 8.31. The zero-order chi connectivity index (χ0) is 17.3. The predicted octanol–water partition coefficient (Wildman–Crippen LogP) is 0.659. The summed E-state index contributed by atoms with van der Waals surface area (Å²) < 4.78 is 5.18. The minimum absolute atomic E-state index is 0.0606. The summed E-state index contributed by atoms with van der Waals surface area (Å²) in [6.07, 6.45) is 2.59. The molecule has 1 aromatic heterocycles. The molecule has 7 nitrogen and oxygen atoms in total. The Morgan fingerprint density at radius 3 is 2.96 bits per heavy atom. The molecule has 2 atom stereocenters. The van der Waals surface area contributed by atoms with E-state index >= 15 is 0 Å². The third-order valence-electron chi connectivity index (χ3n) is 4.87. The molecule has 3 rings (SSSR count). The molecule has 0 radical (unpaired) electrons. The third kappa shape index (κ3) is 3.02. The number of hydrogen-bond acceptors (Lipinski definition) is 4. The van der Waals surface area contributed by atoms with Crippen LogP contribution in [0, 0.1) is 11.3 Å². The second-order valence-corrected chi connectivity index (χ2v) is 6.97. The van der Waals surface area contributed by atoms with Crippen molar-refractivity contribution in [3.05, 3.63) is 24.2 Å². The van der Waals surface area contributed by atoms with E-state index in [9.17, 15) is 14.4 Å². The van der Waals surface area contributed by atoms with Crippen molar-refractivity contribution in [3.8, 4) is 0 Å². The van der Waals surface area contributed by atoms with Gasteiger partial charge in [-0.1, -0.05) is 13.8 Å². The first-order valence-corrected chi connectivity index (χ1v) is 8.31. The highest BCUT2D eigenvalue weighted by atomic mass is 16.3. The minimum atomic E-state index is -0.628. The van der Waals surface area contributed by atoms with Gasteiger partial charge in [-0.15, -0.1) is 0 Å². The molecule has 24 heavy (non-hydrogen) atoms. The van der Waals surface area contributed by atoms with Gasteiger partial charge in [-0.3, -0.25) is 14.4 Å². The second kappa shape index (κ2) is 6.30. The maximum atomic E-state index is 12.4. The molecule has 0 aliphatic carbocycles. The van der Waals surface area contributed by atoms with E-state index in [0.717, 1.165) is 0 Å². The van der Waals surface area contributed by atoms with Crippen LogP contribution in [0.25, 0.3) is 0 Å². The van der Waals surface area contributed by atoms with Gasteiger partial charge >= 0.3 is 0 Å². The normalized spacial score (nSPS) is 26.2. The molecule has 3 amide bonds. The van der Waals surface area contributed by atoms with Crippen LogP contribution < -0.4 is 10.6 Å². The maximum Gasteiger partial charge on any atom is 0.242 e. The molecule has 2 aliphatic heterocycles. The minimum Gasteiger partial charge on any atom is -0.467 e. The molecule has 2 saturated heterocycles. The monoisotopic (exact) mass is 333 g/mol. The van der Waals surface area contributed by atoms with E-state index in [1.807, 2.05) is 13.8 Å². The average molecular weight is 333 g/mol. The van der Waals surface area contributed by atoms with Crippen LogP contribution >= 0.6 is 0 Å². The number of amides is 3. The van der Waals surface area contributed by atoms with Crippen LogP contribution in [0.4, 0.5) is 0 Å². The van der Waals surface area contributed by atoms with E-state index in [0.29, 0.717) is 38.2 Å². The fourth-order valence-corrected chi connectivity index (χ4v) is 3.49. The number of hydrogen-bond donors (Lipinski definition) is 2. The molecule has 2 N–H and O–H groups in total. The van der Waals surface area contributed by atoms with Crippen molar-refractivity contribution in [2.24, 2.45) is 11.3 Å². The van der Waals surface area contributed by atoms with Gasteiger partial charge in [-0.2, -0.15) is 0 Å². The van der Waals surface area contributed by atoms with Crippen molar-refractivity contribution >= 4 is 17.7 Å². The number of nitrogens with zero attached hydrogens (tertiary/aromatic N) is 1. The number of rotatable bonds is 4. The lowest BCUT2D eigenvalue weighted by Crippen LogP contribution is -2.41. The zero-order valence-electron chi connectivity index (χ0n) is 14.0. The Kier molecular flexibility index (Phi) is 4.34. The molecule has 130 valence electrons. The third-order valence-corrected chi connectivity index (χ3v) is 4.87. The molecule has 0 aromatic carbocycles. The molecule has 2 fully saturated rings. The number of nitrogens with one attached hydrogen (secondary N) is 2. The topological polar surface area (TPSA) is 91.7 Å². The zero-order valence-corrected chi connectivity index (χ0v) is 14.0. The molecule has 3 heterocycles. The Hall–Kier alpha value is -2.31. The lowest BCUT2D eigenvalue weighted by atomic mass is 9.84. The average Bonchev–Trinajstić information content (AvgIpc) is 3.27. The Balaban J connectivity index is 1.59. The molecule has 2 aliphatic rings. The van der Waals surface area contributed by atoms with Crippen LogP contribution in [-0.4, -0.2) is 41.8 Å².